The van der Waals surface area contributed by atoms with E-state index >= 15 is 0 Å². The summed E-state index contributed by atoms with van der Waals surface area (Å²) in [5.41, 5.74) is 0. The second-order valence-electron chi connectivity index (χ2n) is 7.75. The van der Waals surface area contributed by atoms with Gasteiger partial charge in [-0.1, -0.05) is 11.6 Å². The second-order valence-corrected chi connectivity index (χ2v) is 10.1. The molecule has 4 rings (SSSR count). The van der Waals surface area contributed by atoms with Gasteiger partial charge >= 0.3 is 0 Å². The normalized spacial score (nSPS) is 18.9. The van der Waals surface area contributed by atoms with E-state index in [4.69, 9.17) is 11.6 Å². The van der Waals surface area contributed by atoms with E-state index in [1.165, 1.54) is 16.4 Å². The quantitative estimate of drug-likeness (QED) is 0.692. The highest BCUT2D eigenvalue weighted by atomic mass is 35.5. The number of hydrogen-bond acceptors (Lipinski definition) is 5. The highest BCUT2D eigenvalue weighted by molar-refractivity contribution is 7.89. The van der Waals surface area contributed by atoms with E-state index < -0.39 is 15.8 Å². The number of anilines is 1. The van der Waals surface area contributed by atoms with Crippen LogP contribution >= 0.6 is 11.6 Å². The topological polar surface area (TPSA) is 73.8 Å². The molecule has 0 radical (unpaired) electrons. The number of halogens is 2. The first-order valence-corrected chi connectivity index (χ1v) is 12.1. The monoisotopic (exact) mass is 466 g/mol. The lowest BCUT2D eigenvalue weighted by Gasteiger charge is -2.38. The Morgan fingerprint density at radius 3 is 2.26 bits per heavy atom. The van der Waals surface area contributed by atoms with E-state index in [9.17, 15) is 17.6 Å². The Kier molecular flexibility index (Phi) is 6.45. The first-order valence-electron chi connectivity index (χ1n) is 10.3. The third kappa shape index (κ3) is 4.68. The SMILES string of the molecule is O=C(C1CCN(S(=O)(=O)c2ccc(F)cc2)CC1)N1CCN(c2ncccc2Cl)CC1. The largest absolute Gasteiger partial charge is 0.352 e. The van der Waals surface area contributed by atoms with Gasteiger partial charge in [0, 0.05) is 51.4 Å². The molecule has 10 heteroatoms. The van der Waals surface area contributed by atoms with Crippen molar-refractivity contribution in [2.45, 2.75) is 17.7 Å². The van der Waals surface area contributed by atoms with Crippen molar-refractivity contribution in [3.8, 4) is 0 Å². The first kappa shape index (κ1) is 22.0. The van der Waals surface area contributed by atoms with Gasteiger partial charge in [0.1, 0.15) is 11.6 Å². The van der Waals surface area contributed by atoms with Crippen LogP contribution in [0.4, 0.5) is 10.2 Å². The van der Waals surface area contributed by atoms with Crippen LogP contribution in [0.15, 0.2) is 47.5 Å². The van der Waals surface area contributed by atoms with Gasteiger partial charge in [-0.15, -0.1) is 0 Å². The van der Waals surface area contributed by atoms with Gasteiger partial charge in [-0.3, -0.25) is 4.79 Å². The van der Waals surface area contributed by atoms with Crippen molar-refractivity contribution < 1.29 is 17.6 Å². The van der Waals surface area contributed by atoms with Crippen LogP contribution in [-0.2, 0) is 14.8 Å². The minimum atomic E-state index is -3.68. The Bertz CT molecular complexity index is 1030. The summed E-state index contributed by atoms with van der Waals surface area (Å²) in [7, 11) is -3.68. The molecule has 2 aromatic rings. The van der Waals surface area contributed by atoms with Gasteiger partial charge in [0.25, 0.3) is 0 Å². The summed E-state index contributed by atoms with van der Waals surface area (Å²) in [6.07, 6.45) is 2.66. The van der Waals surface area contributed by atoms with Gasteiger partial charge in [-0.25, -0.2) is 17.8 Å². The standard InChI is InChI=1S/C21H24ClFN4O3S/c22-19-2-1-9-24-20(19)25-12-14-26(15-13-25)21(28)16-7-10-27(11-8-16)31(29,30)18-5-3-17(23)4-6-18/h1-6,9,16H,7-8,10-15H2. The number of rotatable bonds is 4. The van der Waals surface area contributed by atoms with Gasteiger partial charge in [0.2, 0.25) is 15.9 Å². The zero-order valence-corrected chi connectivity index (χ0v) is 18.5. The number of carbonyl (C=O) groups excluding carboxylic acids is 1. The molecule has 2 aliphatic heterocycles. The smallest absolute Gasteiger partial charge is 0.243 e. The summed E-state index contributed by atoms with van der Waals surface area (Å²) in [6.45, 7) is 3.03. The number of hydrogen-bond donors (Lipinski definition) is 0. The molecule has 1 aromatic heterocycles. The Morgan fingerprint density at radius 1 is 1.00 bits per heavy atom. The third-order valence-corrected chi connectivity index (χ3v) is 8.09. The number of sulfonamides is 1. The molecule has 1 amide bonds. The Balaban J connectivity index is 1.32. The van der Waals surface area contributed by atoms with Crippen LogP contribution in [0.2, 0.25) is 5.02 Å². The maximum atomic E-state index is 13.1. The maximum Gasteiger partial charge on any atom is 0.243 e. The number of nitrogens with zero attached hydrogens (tertiary/aromatic N) is 4. The fourth-order valence-electron chi connectivity index (χ4n) is 4.11. The number of amides is 1. The predicted octanol–water partition coefficient (Wildman–Crippen LogP) is 2.62. The predicted molar refractivity (Wildman–Crippen MR) is 116 cm³/mol. The molecule has 0 bridgehead atoms. The van der Waals surface area contributed by atoms with Crippen LogP contribution in [0.25, 0.3) is 0 Å². The maximum absolute atomic E-state index is 13.1. The van der Waals surface area contributed by atoms with Crippen molar-refractivity contribution >= 4 is 33.3 Å². The number of piperidine rings is 1. The number of piperazine rings is 1. The number of pyridine rings is 1. The molecule has 0 saturated carbocycles. The van der Waals surface area contributed by atoms with E-state index in [2.05, 4.69) is 9.88 Å². The van der Waals surface area contributed by atoms with E-state index in [-0.39, 0.29) is 29.8 Å². The van der Waals surface area contributed by atoms with Crippen molar-refractivity contribution in [2.24, 2.45) is 5.92 Å². The molecule has 0 spiro atoms. The fraction of sp³-hybridized carbons (Fsp3) is 0.429. The van der Waals surface area contributed by atoms with E-state index in [0.717, 1.165) is 18.0 Å². The molecule has 2 aliphatic rings. The molecule has 0 atom stereocenters. The van der Waals surface area contributed by atoms with E-state index in [1.54, 1.807) is 18.3 Å². The molecule has 7 nitrogen and oxygen atoms in total. The molecule has 0 aliphatic carbocycles. The lowest BCUT2D eigenvalue weighted by atomic mass is 9.96. The summed E-state index contributed by atoms with van der Waals surface area (Å²) in [5.74, 6) is 0.138. The summed E-state index contributed by atoms with van der Waals surface area (Å²) in [5, 5.41) is 0.594. The minimum Gasteiger partial charge on any atom is -0.352 e. The summed E-state index contributed by atoms with van der Waals surface area (Å²) >= 11 is 6.22. The van der Waals surface area contributed by atoms with Gasteiger partial charge in [-0.2, -0.15) is 4.31 Å². The number of carbonyl (C=O) groups is 1. The van der Waals surface area contributed by atoms with Crippen LogP contribution in [0.5, 0.6) is 0 Å². The number of benzene rings is 1. The Hall–Kier alpha value is -2.23. The molecule has 2 fully saturated rings. The van der Waals surface area contributed by atoms with Gasteiger partial charge in [0.15, 0.2) is 0 Å². The lowest BCUT2D eigenvalue weighted by molar-refractivity contribution is -0.137. The van der Waals surface area contributed by atoms with Crippen LogP contribution in [0, 0.1) is 11.7 Å². The summed E-state index contributed by atoms with van der Waals surface area (Å²) in [6, 6.07) is 8.41. The highest BCUT2D eigenvalue weighted by Crippen LogP contribution is 2.27. The van der Waals surface area contributed by atoms with Crippen LogP contribution in [0.3, 0.4) is 0 Å². The Morgan fingerprint density at radius 2 is 1.65 bits per heavy atom. The molecule has 0 N–H and O–H groups in total. The average Bonchev–Trinajstić information content (AvgIpc) is 2.79. The van der Waals surface area contributed by atoms with Crippen LogP contribution < -0.4 is 4.90 Å². The molecule has 2 saturated heterocycles. The zero-order valence-electron chi connectivity index (χ0n) is 17.0. The van der Waals surface area contributed by atoms with Gasteiger partial charge in [-0.05, 0) is 49.2 Å². The van der Waals surface area contributed by atoms with E-state index in [1.807, 2.05) is 4.90 Å². The van der Waals surface area contributed by atoms with Crippen molar-refractivity contribution in [3.63, 3.8) is 0 Å². The van der Waals surface area contributed by atoms with Crippen molar-refractivity contribution in [3.05, 3.63) is 53.4 Å². The molecular weight excluding hydrogens is 443 g/mol. The molecule has 3 heterocycles. The van der Waals surface area contributed by atoms with Gasteiger partial charge < -0.3 is 9.80 Å². The van der Waals surface area contributed by atoms with Crippen LogP contribution in [0.1, 0.15) is 12.8 Å². The molecule has 1 aromatic carbocycles. The molecule has 166 valence electrons. The van der Waals surface area contributed by atoms with Crippen molar-refractivity contribution in [1.82, 2.24) is 14.2 Å². The molecular formula is C21H24ClFN4O3S. The highest BCUT2D eigenvalue weighted by Gasteiger charge is 2.34. The third-order valence-electron chi connectivity index (χ3n) is 5.88. The lowest BCUT2D eigenvalue weighted by Crippen LogP contribution is -2.52. The van der Waals surface area contributed by atoms with Crippen molar-refractivity contribution in [2.75, 3.05) is 44.2 Å². The van der Waals surface area contributed by atoms with E-state index in [0.29, 0.717) is 44.0 Å². The average molecular weight is 467 g/mol. The second kappa shape index (κ2) is 9.10. The summed E-state index contributed by atoms with van der Waals surface area (Å²) < 4.78 is 40.0. The van der Waals surface area contributed by atoms with Crippen molar-refractivity contribution in [1.29, 1.82) is 0 Å². The molecule has 31 heavy (non-hydrogen) atoms. The van der Waals surface area contributed by atoms with Crippen LogP contribution in [-0.4, -0.2) is 67.8 Å². The number of aromatic nitrogens is 1. The zero-order chi connectivity index (χ0) is 22.0. The fourth-order valence-corrected chi connectivity index (χ4v) is 5.82. The minimum absolute atomic E-state index is 0.0722. The summed E-state index contributed by atoms with van der Waals surface area (Å²) in [4.78, 5) is 21.3. The first-order chi connectivity index (χ1) is 14.9. The molecule has 0 unspecified atom stereocenters. The van der Waals surface area contributed by atoms with Gasteiger partial charge in [0.05, 0.1) is 9.92 Å². The Labute approximate surface area is 186 Å².